The monoisotopic (exact) mass is 248 g/mol. The minimum Gasteiger partial charge on any atom is -1.00 e. The summed E-state index contributed by atoms with van der Waals surface area (Å²) in [5, 5.41) is 0. The maximum atomic E-state index is 3.75. The number of imidazole rings is 1. The van der Waals surface area contributed by atoms with E-state index in [0.717, 1.165) is 6.54 Å². The van der Waals surface area contributed by atoms with Gasteiger partial charge in [0.1, 0.15) is 18.9 Å². The lowest BCUT2D eigenvalue weighted by atomic mass is 10.1. The Balaban J connectivity index is 0.00000144. The van der Waals surface area contributed by atoms with Gasteiger partial charge in [0.15, 0.2) is 0 Å². The molecule has 0 aliphatic rings. The number of benzene rings is 1. The van der Waals surface area contributed by atoms with Crippen LogP contribution in [0.5, 0.6) is 0 Å². The minimum absolute atomic E-state index is 0. The number of nitrogens with zero attached hydrogens (tertiary/aromatic N) is 2. The number of hydrogen-bond acceptors (Lipinski definition) is 0. The van der Waals surface area contributed by atoms with E-state index >= 15 is 0 Å². The molecular weight excluding hydrogens is 232 g/mol. The second-order valence-electron chi connectivity index (χ2n) is 4.03. The summed E-state index contributed by atoms with van der Waals surface area (Å²) in [4.78, 5) is 0. The maximum absolute atomic E-state index is 3.75. The Labute approximate surface area is 109 Å². The van der Waals surface area contributed by atoms with Crippen LogP contribution in [0.25, 0.3) is 6.08 Å². The summed E-state index contributed by atoms with van der Waals surface area (Å²) >= 11 is 0. The molecule has 0 aliphatic heterocycles. The first-order valence-electron chi connectivity index (χ1n) is 5.43. The molecule has 0 saturated carbocycles. The number of rotatable bonds is 3. The second kappa shape index (κ2) is 5.69. The van der Waals surface area contributed by atoms with Crippen molar-refractivity contribution in [2.75, 3.05) is 0 Å². The third kappa shape index (κ3) is 2.98. The average Bonchev–Trinajstić information content (AvgIpc) is 2.62. The molecule has 17 heavy (non-hydrogen) atoms. The fourth-order valence-corrected chi connectivity index (χ4v) is 1.72. The van der Waals surface area contributed by atoms with Crippen molar-refractivity contribution in [1.82, 2.24) is 4.57 Å². The number of halogens is 1. The number of aromatic nitrogens is 2. The van der Waals surface area contributed by atoms with E-state index in [1.54, 1.807) is 0 Å². The van der Waals surface area contributed by atoms with Crippen LogP contribution in [0.3, 0.4) is 0 Å². The average molecular weight is 249 g/mol. The number of hydrogen-bond donors (Lipinski definition) is 0. The molecule has 0 unspecified atom stereocenters. The van der Waals surface area contributed by atoms with Crippen LogP contribution >= 0.6 is 0 Å². The summed E-state index contributed by atoms with van der Waals surface area (Å²) in [6.07, 6.45) is 6.05. The molecule has 0 saturated heterocycles. The van der Waals surface area contributed by atoms with Crippen molar-refractivity contribution in [2.45, 2.75) is 13.5 Å². The summed E-state index contributed by atoms with van der Waals surface area (Å²) in [5.41, 5.74) is 2.48. The van der Waals surface area contributed by atoms with Gasteiger partial charge in [-0.3, -0.25) is 0 Å². The Kier molecular flexibility index (Phi) is 4.53. The molecular formula is C14H17ClN2. The van der Waals surface area contributed by atoms with Crippen molar-refractivity contribution in [3.8, 4) is 0 Å². The van der Waals surface area contributed by atoms with Crippen molar-refractivity contribution in [2.24, 2.45) is 7.05 Å². The van der Waals surface area contributed by atoms with Crippen LogP contribution in [0.4, 0.5) is 0 Å². The minimum atomic E-state index is 0. The first-order chi connectivity index (χ1) is 7.70. The first-order valence-corrected chi connectivity index (χ1v) is 5.43. The summed E-state index contributed by atoms with van der Waals surface area (Å²) in [6.45, 7) is 6.80. The molecule has 0 amide bonds. The lowest BCUT2D eigenvalue weighted by molar-refractivity contribution is -0.677. The smallest absolute Gasteiger partial charge is 0.253 e. The van der Waals surface area contributed by atoms with Gasteiger partial charge in [0.05, 0.1) is 7.05 Å². The zero-order valence-electron chi connectivity index (χ0n) is 10.2. The van der Waals surface area contributed by atoms with Gasteiger partial charge >= 0.3 is 0 Å². The van der Waals surface area contributed by atoms with Crippen LogP contribution in [-0.4, -0.2) is 4.57 Å². The van der Waals surface area contributed by atoms with Gasteiger partial charge in [0.2, 0.25) is 0 Å². The standard InChI is InChI=1S/C14H17N2.ClH/c1-4-13-5-7-14(8-6-13)11-16-10-9-15(3)12(16)2;/h4-10H,1,11H2,2-3H3;1H/q+1;/p-1. The van der Waals surface area contributed by atoms with E-state index < -0.39 is 0 Å². The van der Waals surface area contributed by atoms with E-state index in [1.165, 1.54) is 17.0 Å². The molecule has 1 heterocycles. The second-order valence-corrected chi connectivity index (χ2v) is 4.03. The van der Waals surface area contributed by atoms with Crippen LogP contribution in [0.2, 0.25) is 0 Å². The molecule has 0 spiro atoms. The van der Waals surface area contributed by atoms with Crippen molar-refractivity contribution in [3.05, 3.63) is 60.2 Å². The Bertz CT molecular complexity index is 497. The van der Waals surface area contributed by atoms with Crippen LogP contribution in [-0.2, 0) is 13.6 Å². The molecule has 2 nitrogen and oxygen atoms in total. The zero-order chi connectivity index (χ0) is 11.5. The van der Waals surface area contributed by atoms with E-state index in [2.05, 4.69) is 66.3 Å². The molecule has 0 fully saturated rings. The van der Waals surface area contributed by atoms with E-state index in [9.17, 15) is 0 Å². The predicted molar refractivity (Wildman–Crippen MR) is 66.0 cm³/mol. The van der Waals surface area contributed by atoms with Gasteiger partial charge in [0, 0.05) is 6.92 Å². The summed E-state index contributed by atoms with van der Waals surface area (Å²) in [5.74, 6) is 1.26. The largest absolute Gasteiger partial charge is 1.00 e. The SMILES string of the molecule is C=Cc1ccc(Cn2cc[n+](C)c2C)cc1.[Cl-]. The molecule has 1 aromatic carbocycles. The Morgan fingerprint density at radius 1 is 1.29 bits per heavy atom. The van der Waals surface area contributed by atoms with Gasteiger partial charge < -0.3 is 12.4 Å². The lowest BCUT2D eigenvalue weighted by Crippen LogP contribution is -3.00. The first kappa shape index (κ1) is 13.5. The third-order valence-corrected chi connectivity index (χ3v) is 2.96. The fraction of sp³-hybridized carbons (Fsp3) is 0.214. The van der Waals surface area contributed by atoms with Crippen LogP contribution < -0.4 is 17.0 Å². The van der Waals surface area contributed by atoms with Crippen LogP contribution in [0.1, 0.15) is 17.0 Å². The van der Waals surface area contributed by atoms with Crippen molar-refractivity contribution >= 4 is 6.08 Å². The molecule has 2 rings (SSSR count). The topological polar surface area (TPSA) is 8.81 Å². The molecule has 0 radical (unpaired) electrons. The van der Waals surface area contributed by atoms with Crippen molar-refractivity contribution in [1.29, 1.82) is 0 Å². The normalized spacial score (nSPS) is 9.76. The molecule has 0 aliphatic carbocycles. The van der Waals surface area contributed by atoms with E-state index in [-0.39, 0.29) is 12.4 Å². The maximum Gasteiger partial charge on any atom is 0.253 e. The molecule has 1 aromatic heterocycles. The van der Waals surface area contributed by atoms with E-state index in [1.807, 2.05) is 6.08 Å². The fourth-order valence-electron chi connectivity index (χ4n) is 1.72. The Morgan fingerprint density at radius 3 is 2.41 bits per heavy atom. The van der Waals surface area contributed by atoms with Crippen LogP contribution in [0.15, 0.2) is 43.2 Å². The van der Waals surface area contributed by atoms with Gasteiger partial charge in [-0.25, -0.2) is 9.13 Å². The van der Waals surface area contributed by atoms with Crippen molar-refractivity contribution in [3.63, 3.8) is 0 Å². The summed E-state index contributed by atoms with van der Waals surface area (Å²) < 4.78 is 4.36. The lowest BCUT2D eigenvalue weighted by Gasteiger charge is -2.00. The Morgan fingerprint density at radius 2 is 1.94 bits per heavy atom. The summed E-state index contributed by atoms with van der Waals surface area (Å²) in [7, 11) is 2.06. The summed E-state index contributed by atoms with van der Waals surface area (Å²) in [6, 6.07) is 8.50. The molecule has 90 valence electrons. The highest BCUT2D eigenvalue weighted by atomic mass is 35.5. The quantitative estimate of drug-likeness (QED) is 0.637. The van der Waals surface area contributed by atoms with E-state index in [4.69, 9.17) is 0 Å². The van der Waals surface area contributed by atoms with Crippen molar-refractivity contribution < 1.29 is 17.0 Å². The molecule has 0 atom stereocenters. The van der Waals surface area contributed by atoms with Crippen LogP contribution in [0, 0.1) is 6.92 Å². The molecule has 3 heteroatoms. The molecule has 0 N–H and O–H groups in total. The zero-order valence-corrected chi connectivity index (χ0v) is 11.0. The van der Waals surface area contributed by atoms with E-state index in [0.29, 0.717) is 0 Å². The highest BCUT2D eigenvalue weighted by Crippen LogP contribution is 2.07. The third-order valence-electron chi connectivity index (χ3n) is 2.96. The Hall–Kier alpha value is -1.54. The van der Waals surface area contributed by atoms with Gasteiger partial charge in [-0.1, -0.05) is 36.9 Å². The predicted octanol–water partition coefficient (Wildman–Crippen LogP) is -0.684. The van der Waals surface area contributed by atoms with Gasteiger partial charge in [-0.15, -0.1) is 0 Å². The molecule has 2 aromatic rings. The highest BCUT2D eigenvalue weighted by Gasteiger charge is 2.08. The van der Waals surface area contributed by atoms with Gasteiger partial charge in [0.25, 0.3) is 5.82 Å². The number of aryl methyl sites for hydroxylation is 1. The highest BCUT2D eigenvalue weighted by molar-refractivity contribution is 5.47. The van der Waals surface area contributed by atoms with Gasteiger partial charge in [-0.2, -0.15) is 0 Å². The molecule has 0 bridgehead atoms. The van der Waals surface area contributed by atoms with Gasteiger partial charge in [-0.05, 0) is 11.1 Å².